The van der Waals surface area contributed by atoms with E-state index in [0.29, 0.717) is 0 Å². The average Bonchev–Trinajstić information content (AvgIpc) is 2.98. The molecule has 4 aliphatic heterocycles. The maximum atomic E-state index is 10.9. The molecule has 20 atom stereocenters. The van der Waals surface area contributed by atoms with Gasteiger partial charge in [0.15, 0.2) is 25.2 Å². The molecule has 0 aromatic rings. The maximum Gasteiger partial charge on any atom is 0.187 e. The van der Waals surface area contributed by atoms with Gasteiger partial charge in [0, 0.05) is 0 Å². The highest BCUT2D eigenvalue weighted by Crippen LogP contribution is 2.34. The number of aliphatic hydroxyl groups is 12. The molecule has 0 radical (unpaired) electrons. The predicted octanol–water partition coefficient (Wildman–Crippen LogP) is -7.69. The van der Waals surface area contributed by atoms with Gasteiger partial charge in [-0.25, -0.2) is 0 Å². The number of ether oxygens (including phenoxy) is 7. The van der Waals surface area contributed by atoms with Crippen LogP contribution in [0.25, 0.3) is 0 Å². The summed E-state index contributed by atoms with van der Waals surface area (Å²) in [6.07, 6.45) is -32.7. The molecule has 4 fully saturated rings. The summed E-state index contributed by atoms with van der Waals surface area (Å²) in [5.41, 5.74) is 0. The van der Waals surface area contributed by atoms with E-state index in [9.17, 15) is 61.3 Å². The molecule has 0 amide bonds. The molecule has 12 N–H and O–H groups in total. The number of rotatable bonds is 8. The van der Waals surface area contributed by atoms with Crippen molar-refractivity contribution in [2.75, 3.05) is 13.2 Å². The second-order valence-electron chi connectivity index (χ2n) is 11.1. The lowest BCUT2D eigenvalue weighted by Crippen LogP contribution is -2.67. The highest BCUT2D eigenvalue weighted by molar-refractivity contribution is 4.97. The van der Waals surface area contributed by atoms with Gasteiger partial charge < -0.3 is 94.4 Å². The molecule has 4 heterocycles. The Morgan fingerprint density at radius 1 is 0.419 bits per heavy atom. The molecule has 0 spiro atoms. The van der Waals surface area contributed by atoms with Crippen LogP contribution in [0.4, 0.5) is 0 Å². The van der Waals surface area contributed by atoms with E-state index in [2.05, 4.69) is 0 Å². The molecule has 0 aromatic carbocycles. The van der Waals surface area contributed by atoms with Gasteiger partial charge in [-0.15, -0.1) is 0 Å². The third-order valence-electron chi connectivity index (χ3n) is 8.13. The van der Waals surface area contributed by atoms with Crippen molar-refractivity contribution in [3.05, 3.63) is 0 Å². The van der Waals surface area contributed by atoms with Gasteiger partial charge in [0.1, 0.15) is 85.5 Å². The molecule has 4 aliphatic rings. The fraction of sp³-hybridized carbons (Fsp3) is 1.00. The second kappa shape index (κ2) is 14.3. The molecule has 4 saturated heterocycles. The first-order valence-electron chi connectivity index (χ1n) is 13.8. The van der Waals surface area contributed by atoms with E-state index in [1.807, 2.05) is 0 Å². The quantitative estimate of drug-likeness (QED) is 0.118. The van der Waals surface area contributed by atoms with Gasteiger partial charge in [-0.3, -0.25) is 0 Å². The molecule has 0 aliphatic carbocycles. The molecule has 19 nitrogen and oxygen atoms in total. The van der Waals surface area contributed by atoms with Crippen LogP contribution in [-0.4, -0.2) is 197 Å². The minimum atomic E-state index is -1.96. The van der Waals surface area contributed by atoms with E-state index in [0.717, 1.165) is 0 Å². The van der Waals surface area contributed by atoms with Crippen molar-refractivity contribution in [2.24, 2.45) is 0 Å². The molecule has 19 heteroatoms. The fourth-order valence-corrected chi connectivity index (χ4v) is 5.41. The first-order chi connectivity index (χ1) is 20.2. The molecular weight excluding hydrogens is 592 g/mol. The molecule has 4 rings (SSSR count). The van der Waals surface area contributed by atoms with E-state index < -0.39 is 136 Å². The highest BCUT2D eigenvalue weighted by Gasteiger charge is 2.54. The standard InChI is InChI=1S/C24H42O19/c1-5-9(27)12(30)15(33)22(38-5)41-18-8(4-26)40-24(17(35)14(18)32)42-19-10(28)6(2)37-21(36)20(19)43-23-16(34)13(31)11(29)7(3-25)39-23/h5-36H,3-4H2,1-2H3/t5-,6+,7+,8+,9-,10-,11+,12+,13-,14+,15+,16+,17+,18+,19-,20+,21+,22-,23-,24-/m0/s1. The van der Waals surface area contributed by atoms with Crippen LogP contribution >= 0.6 is 0 Å². The van der Waals surface area contributed by atoms with Crippen molar-refractivity contribution in [3.63, 3.8) is 0 Å². The summed E-state index contributed by atoms with van der Waals surface area (Å²) in [4.78, 5) is 0. The third kappa shape index (κ3) is 7.00. The summed E-state index contributed by atoms with van der Waals surface area (Å²) in [6.45, 7) is 1.15. The van der Waals surface area contributed by atoms with Crippen LogP contribution in [0, 0.1) is 0 Å². The Morgan fingerprint density at radius 2 is 0.860 bits per heavy atom. The summed E-state index contributed by atoms with van der Waals surface area (Å²) in [5.74, 6) is 0. The molecule has 0 saturated carbocycles. The maximum absolute atomic E-state index is 10.9. The lowest BCUT2D eigenvalue weighted by molar-refractivity contribution is -0.393. The normalized spacial score (nSPS) is 54.8. The zero-order valence-corrected chi connectivity index (χ0v) is 23.2. The average molecular weight is 635 g/mol. The zero-order valence-electron chi connectivity index (χ0n) is 23.2. The van der Waals surface area contributed by atoms with Gasteiger partial charge in [0.25, 0.3) is 0 Å². The van der Waals surface area contributed by atoms with Crippen molar-refractivity contribution >= 4 is 0 Å². The van der Waals surface area contributed by atoms with Gasteiger partial charge in [0.05, 0.1) is 25.4 Å². The Balaban J connectivity index is 1.50. The van der Waals surface area contributed by atoms with Gasteiger partial charge in [-0.1, -0.05) is 0 Å². The van der Waals surface area contributed by atoms with Crippen LogP contribution in [0.1, 0.15) is 13.8 Å². The largest absolute Gasteiger partial charge is 0.394 e. The monoisotopic (exact) mass is 634 g/mol. The Hall–Kier alpha value is -0.760. The Labute approximate surface area is 244 Å². The second-order valence-corrected chi connectivity index (χ2v) is 11.1. The van der Waals surface area contributed by atoms with Gasteiger partial charge >= 0.3 is 0 Å². The van der Waals surface area contributed by atoms with Crippen molar-refractivity contribution in [1.82, 2.24) is 0 Å². The van der Waals surface area contributed by atoms with E-state index in [-0.39, 0.29) is 0 Å². The first-order valence-corrected chi connectivity index (χ1v) is 13.8. The molecule has 43 heavy (non-hydrogen) atoms. The summed E-state index contributed by atoms with van der Waals surface area (Å²) < 4.78 is 38.4. The van der Waals surface area contributed by atoms with Crippen LogP contribution in [0.2, 0.25) is 0 Å². The minimum Gasteiger partial charge on any atom is -0.394 e. The highest BCUT2D eigenvalue weighted by atomic mass is 16.8. The predicted molar refractivity (Wildman–Crippen MR) is 131 cm³/mol. The van der Waals surface area contributed by atoms with E-state index >= 15 is 0 Å². The van der Waals surface area contributed by atoms with Gasteiger partial charge in [0.2, 0.25) is 0 Å². The third-order valence-corrected chi connectivity index (χ3v) is 8.13. The molecular formula is C24H42O19. The van der Waals surface area contributed by atoms with Crippen molar-refractivity contribution in [1.29, 1.82) is 0 Å². The van der Waals surface area contributed by atoms with Gasteiger partial charge in [-0.2, -0.15) is 0 Å². The summed E-state index contributed by atoms with van der Waals surface area (Å²) in [6, 6.07) is 0. The van der Waals surface area contributed by atoms with Crippen LogP contribution < -0.4 is 0 Å². The van der Waals surface area contributed by atoms with Crippen molar-refractivity contribution < 1.29 is 94.4 Å². The van der Waals surface area contributed by atoms with Crippen molar-refractivity contribution in [2.45, 2.75) is 137 Å². The van der Waals surface area contributed by atoms with E-state index in [1.54, 1.807) is 0 Å². The summed E-state index contributed by atoms with van der Waals surface area (Å²) in [7, 11) is 0. The van der Waals surface area contributed by atoms with Crippen LogP contribution in [0.3, 0.4) is 0 Å². The fourth-order valence-electron chi connectivity index (χ4n) is 5.41. The molecule has 0 unspecified atom stereocenters. The zero-order chi connectivity index (χ0) is 31.9. The Kier molecular flexibility index (Phi) is 11.7. The van der Waals surface area contributed by atoms with E-state index in [1.165, 1.54) is 13.8 Å². The topological polar surface area (TPSA) is 307 Å². The summed E-state index contributed by atoms with van der Waals surface area (Å²) in [5, 5.41) is 123. The minimum absolute atomic E-state index is 0.777. The number of hydrogen-bond donors (Lipinski definition) is 12. The van der Waals surface area contributed by atoms with E-state index in [4.69, 9.17) is 33.2 Å². The molecule has 0 bridgehead atoms. The van der Waals surface area contributed by atoms with Crippen LogP contribution in [0.5, 0.6) is 0 Å². The van der Waals surface area contributed by atoms with Crippen molar-refractivity contribution in [3.8, 4) is 0 Å². The smallest absolute Gasteiger partial charge is 0.187 e. The number of aliphatic hydroxyl groups excluding tert-OH is 12. The molecule has 0 aromatic heterocycles. The lowest BCUT2D eigenvalue weighted by Gasteiger charge is -2.49. The van der Waals surface area contributed by atoms with Gasteiger partial charge in [-0.05, 0) is 13.8 Å². The summed E-state index contributed by atoms with van der Waals surface area (Å²) >= 11 is 0. The number of hydrogen-bond acceptors (Lipinski definition) is 19. The Morgan fingerprint density at radius 3 is 1.44 bits per heavy atom. The molecule has 252 valence electrons. The Bertz CT molecular complexity index is 882. The van der Waals surface area contributed by atoms with Crippen LogP contribution in [-0.2, 0) is 33.2 Å². The van der Waals surface area contributed by atoms with Crippen LogP contribution in [0.15, 0.2) is 0 Å². The SMILES string of the molecule is C[C@@H]1O[C@@H](O[C@H]2[C@H](O)[C@@H](O)[C@H](O[C@H]3[C@@H](O)[C@@H](C)O[C@@H](O)[C@@H]3O[C@@H]3O[C@H](CO)[C@@H](O)[C@H](O)[C@H]3O)O[C@@H]2CO)[C@H](O)[C@H](O)[C@H]1O. The lowest BCUT2D eigenvalue weighted by atomic mass is 9.96. The first kappa shape index (κ1) is 35.1.